The fourth-order valence-electron chi connectivity index (χ4n) is 1.74. The second-order valence-corrected chi connectivity index (χ2v) is 7.28. The van der Waals surface area contributed by atoms with Gasteiger partial charge in [-0.1, -0.05) is 23.2 Å². The Morgan fingerprint density at radius 1 is 1.20 bits per heavy atom. The number of hydrogen-bond donors (Lipinski definition) is 2. The monoisotopic (exact) mass is 413 g/mol. The van der Waals surface area contributed by atoms with Gasteiger partial charge in [0.25, 0.3) is 15.7 Å². The molecule has 0 atom stereocenters. The van der Waals surface area contributed by atoms with Crippen LogP contribution in [0.1, 0.15) is 10.4 Å². The summed E-state index contributed by atoms with van der Waals surface area (Å²) in [6.45, 7) is 0. The molecule has 0 fully saturated rings. The minimum absolute atomic E-state index is 0.00266. The van der Waals surface area contributed by atoms with Gasteiger partial charge >= 0.3 is 5.51 Å². The number of alkyl halides is 3. The second kappa shape index (κ2) is 6.70. The normalized spacial score (nSPS) is 12.0. The number of hydrogen-bond acceptors (Lipinski definition) is 5. The smallest absolute Gasteiger partial charge is 0.396 e. The topological polar surface area (TPSA) is 102 Å². The Kier molecular flexibility index (Phi) is 5.17. The Morgan fingerprint density at radius 3 is 2.28 bits per heavy atom. The van der Waals surface area contributed by atoms with E-state index in [-0.39, 0.29) is 21.4 Å². The quantitative estimate of drug-likeness (QED) is 0.749. The first-order chi connectivity index (χ1) is 11.4. The van der Waals surface area contributed by atoms with Crippen molar-refractivity contribution in [3.63, 3.8) is 0 Å². The molecule has 3 N–H and O–H groups in total. The van der Waals surface area contributed by atoms with Gasteiger partial charge in [-0.15, -0.1) is 0 Å². The maximum absolute atomic E-state index is 12.7. The second-order valence-electron chi connectivity index (χ2n) is 4.61. The van der Waals surface area contributed by atoms with E-state index >= 15 is 0 Å². The van der Waals surface area contributed by atoms with Crippen molar-refractivity contribution in [3.8, 4) is 0 Å². The Hall–Kier alpha value is -2.04. The van der Waals surface area contributed by atoms with Crippen molar-refractivity contribution in [3.05, 3.63) is 46.1 Å². The van der Waals surface area contributed by atoms with E-state index in [4.69, 9.17) is 28.9 Å². The minimum Gasteiger partial charge on any atom is -0.396 e. The molecule has 0 unspecified atom stereocenters. The van der Waals surface area contributed by atoms with Crippen LogP contribution in [0.2, 0.25) is 10.0 Å². The third kappa shape index (κ3) is 3.80. The SMILES string of the molecule is Nc1c(Cl)cc(NC(=O)c2cccnc2S(=O)(=O)C(F)(F)F)cc1Cl. The van der Waals surface area contributed by atoms with Crippen molar-refractivity contribution in [2.45, 2.75) is 10.5 Å². The van der Waals surface area contributed by atoms with E-state index in [2.05, 4.69) is 10.3 Å². The van der Waals surface area contributed by atoms with E-state index in [1.807, 2.05) is 0 Å². The summed E-state index contributed by atoms with van der Waals surface area (Å²) in [5.41, 5.74) is -0.812. The molecule has 0 saturated heterocycles. The van der Waals surface area contributed by atoms with Gasteiger partial charge in [-0.25, -0.2) is 13.4 Å². The van der Waals surface area contributed by atoms with E-state index < -0.39 is 31.8 Å². The number of amides is 1. The number of nitrogens with one attached hydrogen (secondary N) is 1. The molecule has 2 aromatic rings. The number of sulfone groups is 1. The number of anilines is 2. The molecule has 0 spiro atoms. The summed E-state index contributed by atoms with van der Waals surface area (Å²) in [6, 6.07) is 4.42. The van der Waals surface area contributed by atoms with Gasteiger partial charge in [0.2, 0.25) is 0 Å². The molecule has 0 aliphatic carbocycles. The highest BCUT2D eigenvalue weighted by atomic mass is 35.5. The number of pyridine rings is 1. The standard InChI is InChI=1S/C13H8Cl2F3N3O3S/c14-8-4-6(5-9(15)10(8)19)21-11(22)7-2-1-3-20-12(7)25(23,24)13(16,17)18/h1-5H,19H2,(H,21,22). The molecule has 1 heterocycles. The van der Waals surface area contributed by atoms with E-state index in [0.29, 0.717) is 0 Å². The van der Waals surface area contributed by atoms with Crippen LogP contribution in [-0.2, 0) is 9.84 Å². The summed E-state index contributed by atoms with van der Waals surface area (Å²) in [5, 5.41) is 0.781. The summed E-state index contributed by atoms with van der Waals surface area (Å²) in [7, 11) is -5.81. The summed E-state index contributed by atoms with van der Waals surface area (Å²) < 4.78 is 61.3. The molecular weight excluding hydrogens is 406 g/mol. The van der Waals surface area contributed by atoms with Crippen LogP contribution >= 0.6 is 23.2 Å². The van der Waals surface area contributed by atoms with Crippen LogP contribution in [0, 0.1) is 0 Å². The number of carbonyl (C=O) groups is 1. The summed E-state index contributed by atoms with van der Waals surface area (Å²) in [5.74, 6) is -1.15. The minimum atomic E-state index is -5.81. The highest BCUT2D eigenvalue weighted by molar-refractivity contribution is 7.92. The Morgan fingerprint density at radius 2 is 1.76 bits per heavy atom. The molecule has 0 aliphatic rings. The lowest BCUT2D eigenvalue weighted by molar-refractivity contribution is -0.0438. The molecule has 0 saturated carbocycles. The average molecular weight is 414 g/mol. The molecule has 12 heteroatoms. The lowest BCUT2D eigenvalue weighted by Gasteiger charge is -2.12. The van der Waals surface area contributed by atoms with E-state index in [9.17, 15) is 26.4 Å². The number of benzene rings is 1. The zero-order valence-corrected chi connectivity index (χ0v) is 14.3. The molecule has 1 amide bonds. The lowest BCUT2D eigenvalue weighted by Crippen LogP contribution is -2.27. The van der Waals surface area contributed by atoms with E-state index in [0.717, 1.165) is 18.3 Å². The summed E-state index contributed by atoms with van der Waals surface area (Å²) in [4.78, 5) is 15.4. The van der Waals surface area contributed by atoms with Gasteiger partial charge in [-0.3, -0.25) is 4.79 Å². The fourth-order valence-corrected chi connectivity index (χ4v) is 3.10. The van der Waals surface area contributed by atoms with Crippen LogP contribution in [0.4, 0.5) is 24.5 Å². The summed E-state index contributed by atoms with van der Waals surface area (Å²) in [6.07, 6.45) is 0.826. The molecule has 1 aromatic carbocycles. The van der Waals surface area contributed by atoms with Crippen molar-refractivity contribution in [2.75, 3.05) is 11.1 Å². The van der Waals surface area contributed by atoms with E-state index in [1.165, 1.54) is 12.1 Å². The van der Waals surface area contributed by atoms with Crippen LogP contribution in [0.15, 0.2) is 35.5 Å². The molecule has 0 bridgehead atoms. The van der Waals surface area contributed by atoms with Gasteiger partial charge in [0, 0.05) is 11.9 Å². The number of nitrogens with two attached hydrogens (primary N) is 1. The number of nitrogens with zero attached hydrogens (tertiary/aromatic N) is 1. The molecular formula is C13H8Cl2F3N3O3S. The Labute approximate surface area is 149 Å². The largest absolute Gasteiger partial charge is 0.503 e. The molecule has 25 heavy (non-hydrogen) atoms. The highest BCUT2D eigenvalue weighted by Gasteiger charge is 2.49. The van der Waals surface area contributed by atoms with Crippen molar-refractivity contribution >= 4 is 50.3 Å². The molecule has 134 valence electrons. The third-order valence-corrected chi connectivity index (χ3v) is 4.98. The first-order valence-electron chi connectivity index (χ1n) is 6.27. The first kappa shape index (κ1) is 19.3. The van der Waals surface area contributed by atoms with Crippen molar-refractivity contribution < 1.29 is 26.4 Å². The zero-order chi connectivity index (χ0) is 19.0. The number of nitrogen functional groups attached to an aromatic ring is 1. The van der Waals surface area contributed by atoms with Crippen LogP contribution in [0.25, 0.3) is 0 Å². The van der Waals surface area contributed by atoms with Gasteiger partial charge in [0.15, 0.2) is 5.03 Å². The van der Waals surface area contributed by atoms with Gasteiger partial charge in [0.1, 0.15) is 0 Å². The number of halogens is 5. The van der Waals surface area contributed by atoms with Gasteiger partial charge in [-0.2, -0.15) is 13.2 Å². The summed E-state index contributed by atoms with van der Waals surface area (Å²) >= 11 is 11.6. The average Bonchev–Trinajstić information content (AvgIpc) is 2.51. The van der Waals surface area contributed by atoms with Crippen molar-refractivity contribution in [1.82, 2.24) is 4.98 Å². The Balaban J connectivity index is 2.46. The van der Waals surface area contributed by atoms with E-state index in [1.54, 1.807) is 0 Å². The number of rotatable bonds is 3. The highest BCUT2D eigenvalue weighted by Crippen LogP contribution is 2.33. The van der Waals surface area contributed by atoms with Crippen molar-refractivity contribution in [1.29, 1.82) is 0 Å². The van der Waals surface area contributed by atoms with Crippen LogP contribution in [-0.4, -0.2) is 24.8 Å². The maximum Gasteiger partial charge on any atom is 0.503 e. The van der Waals surface area contributed by atoms with Crippen molar-refractivity contribution in [2.24, 2.45) is 0 Å². The number of aromatic nitrogens is 1. The van der Waals surface area contributed by atoms with Gasteiger partial charge < -0.3 is 11.1 Å². The van der Waals surface area contributed by atoms with Crippen LogP contribution in [0.3, 0.4) is 0 Å². The Bertz CT molecular complexity index is 926. The third-order valence-electron chi connectivity index (χ3n) is 2.91. The molecule has 1 aromatic heterocycles. The molecule has 2 rings (SSSR count). The van der Waals surface area contributed by atoms with Gasteiger partial charge in [0.05, 0.1) is 21.3 Å². The molecule has 6 nitrogen and oxygen atoms in total. The molecule has 0 radical (unpaired) electrons. The van der Waals surface area contributed by atoms with Gasteiger partial charge in [-0.05, 0) is 24.3 Å². The maximum atomic E-state index is 12.7. The lowest BCUT2D eigenvalue weighted by atomic mass is 10.2. The van der Waals surface area contributed by atoms with Crippen LogP contribution in [0.5, 0.6) is 0 Å². The van der Waals surface area contributed by atoms with Crippen LogP contribution < -0.4 is 11.1 Å². The first-order valence-corrected chi connectivity index (χ1v) is 8.51. The predicted molar refractivity (Wildman–Crippen MR) is 86.3 cm³/mol. The predicted octanol–water partition coefficient (Wildman–Crippen LogP) is 3.52. The molecule has 0 aliphatic heterocycles. The fraction of sp³-hybridized carbons (Fsp3) is 0.0769. The number of carbonyl (C=O) groups excluding carboxylic acids is 1. The zero-order valence-electron chi connectivity index (χ0n) is 11.9.